The number of rotatable bonds is 7. The molecule has 0 aromatic heterocycles. The molecule has 0 aliphatic heterocycles. The number of hydrogen-bond acceptors (Lipinski definition) is 2. The highest BCUT2D eigenvalue weighted by atomic mass is 35.5. The third-order valence-corrected chi connectivity index (χ3v) is 2.99. The quantitative estimate of drug-likeness (QED) is 0.420. The molecule has 0 radical (unpaired) electrons. The summed E-state index contributed by atoms with van der Waals surface area (Å²) in [5.41, 5.74) is 1.88. The van der Waals surface area contributed by atoms with Gasteiger partial charge in [-0.1, -0.05) is 25.0 Å². The molecule has 0 saturated heterocycles. The van der Waals surface area contributed by atoms with E-state index in [2.05, 4.69) is 4.74 Å². The summed E-state index contributed by atoms with van der Waals surface area (Å²) in [5, 5.41) is 0. The molecule has 0 atom stereocenters. The van der Waals surface area contributed by atoms with Gasteiger partial charge >= 0.3 is 5.97 Å². The first-order valence-corrected chi connectivity index (χ1v) is 6.54. The summed E-state index contributed by atoms with van der Waals surface area (Å²) in [6.45, 7) is 0. The van der Waals surface area contributed by atoms with Gasteiger partial charge < -0.3 is 4.74 Å². The minimum absolute atomic E-state index is 0.279. The van der Waals surface area contributed by atoms with E-state index in [-0.39, 0.29) is 5.97 Å². The molecule has 17 heavy (non-hydrogen) atoms. The van der Waals surface area contributed by atoms with Crippen LogP contribution in [0.15, 0.2) is 24.3 Å². The Morgan fingerprint density at radius 2 is 1.76 bits per heavy atom. The van der Waals surface area contributed by atoms with Crippen LogP contribution >= 0.6 is 11.6 Å². The zero-order chi connectivity index (χ0) is 12.5. The SMILES string of the molecule is COC(=O)c1ccc(CCCCCCCl)cc1. The predicted octanol–water partition coefficient (Wildman–Crippen LogP) is 3.81. The fourth-order valence-corrected chi connectivity index (χ4v) is 1.89. The van der Waals surface area contributed by atoms with E-state index < -0.39 is 0 Å². The number of alkyl halides is 1. The first-order chi connectivity index (χ1) is 8.27. The molecule has 1 aromatic rings. The molecule has 0 heterocycles. The maximum atomic E-state index is 11.2. The van der Waals surface area contributed by atoms with Gasteiger partial charge in [0.25, 0.3) is 0 Å². The number of esters is 1. The van der Waals surface area contributed by atoms with Crippen LogP contribution in [-0.4, -0.2) is 19.0 Å². The van der Waals surface area contributed by atoms with Crippen molar-refractivity contribution in [2.45, 2.75) is 32.1 Å². The Bertz CT molecular complexity index is 333. The highest BCUT2D eigenvalue weighted by Crippen LogP contribution is 2.10. The zero-order valence-corrected chi connectivity index (χ0v) is 11.0. The molecule has 3 heteroatoms. The highest BCUT2D eigenvalue weighted by Gasteiger charge is 2.03. The van der Waals surface area contributed by atoms with Gasteiger partial charge in [-0.3, -0.25) is 0 Å². The lowest BCUT2D eigenvalue weighted by Crippen LogP contribution is -2.00. The second kappa shape index (κ2) is 8.13. The third kappa shape index (κ3) is 5.22. The van der Waals surface area contributed by atoms with Gasteiger partial charge in [-0.25, -0.2) is 4.79 Å². The van der Waals surface area contributed by atoms with Gasteiger partial charge in [-0.2, -0.15) is 0 Å². The Morgan fingerprint density at radius 3 is 2.35 bits per heavy atom. The molecule has 0 amide bonds. The zero-order valence-electron chi connectivity index (χ0n) is 10.2. The molecule has 1 rings (SSSR count). The van der Waals surface area contributed by atoms with Crippen LogP contribution in [0.3, 0.4) is 0 Å². The maximum Gasteiger partial charge on any atom is 0.337 e. The molecule has 0 N–H and O–H groups in total. The number of carbonyl (C=O) groups excluding carboxylic acids is 1. The fraction of sp³-hybridized carbons (Fsp3) is 0.500. The van der Waals surface area contributed by atoms with Gasteiger partial charge in [0, 0.05) is 5.88 Å². The standard InChI is InChI=1S/C14H19ClO2/c1-17-14(16)13-9-7-12(8-10-13)6-4-2-3-5-11-15/h7-10H,2-6,11H2,1H3. The summed E-state index contributed by atoms with van der Waals surface area (Å²) in [5.74, 6) is 0.479. The summed E-state index contributed by atoms with van der Waals surface area (Å²) in [4.78, 5) is 11.2. The molecule has 2 nitrogen and oxygen atoms in total. The molecule has 0 unspecified atom stereocenters. The Balaban J connectivity index is 2.33. The van der Waals surface area contributed by atoms with Gasteiger partial charge in [0.05, 0.1) is 12.7 Å². The number of hydrogen-bond donors (Lipinski definition) is 0. The monoisotopic (exact) mass is 254 g/mol. The fourth-order valence-electron chi connectivity index (χ4n) is 1.70. The van der Waals surface area contributed by atoms with Gasteiger partial charge in [0.15, 0.2) is 0 Å². The van der Waals surface area contributed by atoms with Gasteiger partial charge in [0.1, 0.15) is 0 Å². The van der Waals surface area contributed by atoms with E-state index in [1.165, 1.54) is 31.9 Å². The van der Waals surface area contributed by atoms with Crippen LogP contribution in [0.5, 0.6) is 0 Å². The van der Waals surface area contributed by atoms with E-state index in [9.17, 15) is 4.79 Å². The van der Waals surface area contributed by atoms with Crippen molar-refractivity contribution < 1.29 is 9.53 Å². The average molecular weight is 255 g/mol. The maximum absolute atomic E-state index is 11.2. The lowest BCUT2D eigenvalue weighted by molar-refractivity contribution is 0.0600. The van der Waals surface area contributed by atoms with E-state index in [0.29, 0.717) is 5.56 Å². The molecule has 0 fully saturated rings. The summed E-state index contributed by atoms with van der Waals surface area (Å²) in [7, 11) is 1.40. The van der Waals surface area contributed by atoms with Crippen LogP contribution < -0.4 is 0 Å². The van der Waals surface area contributed by atoms with Crippen molar-refractivity contribution in [3.8, 4) is 0 Å². The van der Waals surface area contributed by atoms with Crippen LogP contribution in [0.2, 0.25) is 0 Å². The molecule has 0 spiro atoms. The van der Waals surface area contributed by atoms with Crippen LogP contribution in [0, 0.1) is 0 Å². The Kier molecular flexibility index (Phi) is 6.71. The number of carbonyl (C=O) groups is 1. The van der Waals surface area contributed by atoms with Crippen LogP contribution in [0.4, 0.5) is 0 Å². The predicted molar refractivity (Wildman–Crippen MR) is 70.7 cm³/mol. The average Bonchev–Trinajstić information content (AvgIpc) is 2.38. The van der Waals surface area contributed by atoms with E-state index >= 15 is 0 Å². The van der Waals surface area contributed by atoms with Crippen molar-refractivity contribution in [3.05, 3.63) is 35.4 Å². The first kappa shape index (κ1) is 14.0. The van der Waals surface area contributed by atoms with Crippen LogP contribution in [-0.2, 0) is 11.2 Å². The topological polar surface area (TPSA) is 26.3 Å². The summed E-state index contributed by atoms with van der Waals surface area (Å²) < 4.78 is 4.65. The van der Waals surface area contributed by atoms with Gasteiger partial charge in [-0.15, -0.1) is 11.6 Å². The minimum atomic E-state index is -0.279. The lowest BCUT2D eigenvalue weighted by atomic mass is 10.0. The third-order valence-electron chi connectivity index (χ3n) is 2.72. The van der Waals surface area contributed by atoms with E-state index in [4.69, 9.17) is 11.6 Å². The highest BCUT2D eigenvalue weighted by molar-refractivity contribution is 6.17. The van der Waals surface area contributed by atoms with Crippen LogP contribution in [0.25, 0.3) is 0 Å². The molecule has 0 saturated carbocycles. The molecular formula is C14H19ClO2. The van der Waals surface area contributed by atoms with Crippen LogP contribution in [0.1, 0.15) is 41.6 Å². The first-order valence-electron chi connectivity index (χ1n) is 6.01. The number of aryl methyl sites for hydroxylation is 1. The number of benzene rings is 1. The van der Waals surface area contributed by atoms with Crippen molar-refractivity contribution in [2.75, 3.05) is 13.0 Å². The van der Waals surface area contributed by atoms with Crippen molar-refractivity contribution in [2.24, 2.45) is 0 Å². The largest absolute Gasteiger partial charge is 0.465 e. The molecule has 0 aliphatic rings. The van der Waals surface area contributed by atoms with Gasteiger partial charge in [0.2, 0.25) is 0 Å². The summed E-state index contributed by atoms with van der Waals surface area (Å²) in [6.07, 6.45) is 5.75. The number of methoxy groups -OCH3 is 1. The number of unbranched alkanes of at least 4 members (excludes halogenated alkanes) is 3. The second-order valence-corrected chi connectivity index (χ2v) is 4.42. The Hall–Kier alpha value is -1.02. The van der Waals surface area contributed by atoms with Crippen molar-refractivity contribution in [1.82, 2.24) is 0 Å². The van der Waals surface area contributed by atoms with Crippen molar-refractivity contribution in [1.29, 1.82) is 0 Å². The lowest BCUT2D eigenvalue weighted by Gasteiger charge is -2.03. The van der Waals surface area contributed by atoms with E-state index in [1.54, 1.807) is 0 Å². The smallest absolute Gasteiger partial charge is 0.337 e. The Labute approximate surface area is 108 Å². The molecule has 0 bridgehead atoms. The number of ether oxygens (including phenoxy) is 1. The minimum Gasteiger partial charge on any atom is -0.465 e. The molecule has 1 aromatic carbocycles. The second-order valence-electron chi connectivity index (χ2n) is 4.04. The molecular weight excluding hydrogens is 236 g/mol. The summed E-state index contributed by atoms with van der Waals surface area (Å²) >= 11 is 5.61. The number of halogens is 1. The van der Waals surface area contributed by atoms with E-state index in [0.717, 1.165) is 18.7 Å². The molecule has 0 aliphatic carbocycles. The summed E-state index contributed by atoms with van der Waals surface area (Å²) in [6, 6.07) is 7.63. The normalized spacial score (nSPS) is 10.2. The van der Waals surface area contributed by atoms with Crippen molar-refractivity contribution >= 4 is 17.6 Å². The van der Waals surface area contributed by atoms with Crippen molar-refractivity contribution in [3.63, 3.8) is 0 Å². The van der Waals surface area contributed by atoms with E-state index in [1.807, 2.05) is 24.3 Å². The molecule has 94 valence electrons. The van der Waals surface area contributed by atoms with Gasteiger partial charge in [-0.05, 0) is 37.0 Å². The Morgan fingerprint density at radius 1 is 1.12 bits per heavy atom.